The van der Waals surface area contributed by atoms with Crippen LogP contribution in [-0.2, 0) is 4.79 Å². The van der Waals surface area contributed by atoms with Gasteiger partial charge in [0.15, 0.2) is 0 Å². The summed E-state index contributed by atoms with van der Waals surface area (Å²) in [7, 11) is 1.60. The van der Waals surface area contributed by atoms with E-state index in [1.54, 1.807) is 13.2 Å². The molecular weight excluding hydrogens is 278 g/mol. The van der Waals surface area contributed by atoms with Crippen LogP contribution in [0.2, 0.25) is 0 Å². The molecule has 4 nitrogen and oxygen atoms in total. The minimum absolute atomic E-state index is 0.0661. The third kappa shape index (κ3) is 4.23. The van der Waals surface area contributed by atoms with E-state index >= 15 is 0 Å². The quantitative estimate of drug-likeness (QED) is 0.821. The molecule has 2 rings (SSSR count). The fraction of sp³-hybridized carbons (Fsp3) is 0.611. The maximum atomic E-state index is 12.5. The zero-order valence-electron chi connectivity index (χ0n) is 13.6. The van der Waals surface area contributed by atoms with Gasteiger partial charge in [-0.05, 0) is 30.5 Å². The van der Waals surface area contributed by atoms with Gasteiger partial charge < -0.3 is 15.2 Å². The van der Waals surface area contributed by atoms with E-state index < -0.39 is 6.10 Å². The SMILES string of the molecule is COc1cccc(C(O)CNC(=O)C2(C)CCCCCC2)c1. The van der Waals surface area contributed by atoms with E-state index in [9.17, 15) is 9.90 Å². The van der Waals surface area contributed by atoms with Crippen LogP contribution >= 0.6 is 0 Å². The summed E-state index contributed by atoms with van der Waals surface area (Å²) in [6, 6.07) is 7.31. The lowest BCUT2D eigenvalue weighted by atomic mass is 9.81. The second-order valence-corrected chi connectivity index (χ2v) is 6.48. The van der Waals surface area contributed by atoms with Crippen LogP contribution in [0.15, 0.2) is 24.3 Å². The average molecular weight is 305 g/mol. The van der Waals surface area contributed by atoms with E-state index in [1.165, 1.54) is 12.8 Å². The number of aliphatic hydroxyl groups is 1. The van der Waals surface area contributed by atoms with E-state index in [0.717, 1.165) is 31.2 Å². The summed E-state index contributed by atoms with van der Waals surface area (Å²) in [5, 5.41) is 13.2. The molecule has 0 radical (unpaired) electrons. The maximum absolute atomic E-state index is 12.5. The van der Waals surface area contributed by atoms with E-state index in [4.69, 9.17) is 4.74 Å². The highest BCUT2D eigenvalue weighted by atomic mass is 16.5. The fourth-order valence-electron chi connectivity index (χ4n) is 3.11. The number of nitrogens with one attached hydrogen (secondary N) is 1. The van der Waals surface area contributed by atoms with Gasteiger partial charge in [-0.1, -0.05) is 44.7 Å². The summed E-state index contributed by atoms with van der Waals surface area (Å²) >= 11 is 0. The first-order valence-electron chi connectivity index (χ1n) is 8.15. The molecule has 0 heterocycles. The molecule has 0 aliphatic heterocycles. The van der Waals surface area contributed by atoms with Crippen LogP contribution in [0.3, 0.4) is 0 Å². The van der Waals surface area contributed by atoms with Crippen molar-refractivity contribution in [1.82, 2.24) is 5.32 Å². The second-order valence-electron chi connectivity index (χ2n) is 6.48. The van der Waals surface area contributed by atoms with Crippen molar-refractivity contribution in [2.24, 2.45) is 5.41 Å². The number of carbonyl (C=O) groups is 1. The Bertz CT molecular complexity index is 493. The molecule has 122 valence electrons. The predicted molar refractivity (Wildman–Crippen MR) is 86.8 cm³/mol. The minimum Gasteiger partial charge on any atom is -0.497 e. The summed E-state index contributed by atoms with van der Waals surface area (Å²) in [6.45, 7) is 2.28. The van der Waals surface area contributed by atoms with Gasteiger partial charge >= 0.3 is 0 Å². The Morgan fingerprint density at radius 1 is 1.32 bits per heavy atom. The molecule has 1 saturated carbocycles. The Labute approximate surface area is 132 Å². The summed E-state index contributed by atoms with van der Waals surface area (Å²) < 4.78 is 5.16. The maximum Gasteiger partial charge on any atom is 0.226 e. The Hall–Kier alpha value is -1.55. The van der Waals surface area contributed by atoms with Crippen molar-refractivity contribution in [1.29, 1.82) is 0 Å². The number of aliphatic hydroxyl groups excluding tert-OH is 1. The summed E-state index contributed by atoms with van der Waals surface area (Å²) in [5.41, 5.74) is 0.468. The van der Waals surface area contributed by atoms with Gasteiger partial charge in [0, 0.05) is 12.0 Å². The zero-order chi connectivity index (χ0) is 16.0. The van der Waals surface area contributed by atoms with E-state index in [-0.39, 0.29) is 17.9 Å². The topological polar surface area (TPSA) is 58.6 Å². The lowest BCUT2D eigenvalue weighted by molar-refractivity contribution is -0.131. The van der Waals surface area contributed by atoms with Crippen LogP contribution in [0.5, 0.6) is 5.75 Å². The first-order valence-corrected chi connectivity index (χ1v) is 8.15. The molecular formula is C18H27NO3. The largest absolute Gasteiger partial charge is 0.497 e. The minimum atomic E-state index is -0.714. The molecule has 0 aromatic heterocycles. The van der Waals surface area contributed by atoms with Crippen LogP contribution in [-0.4, -0.2) is 24.7 Å². The van der Waals surface area contributed by atoms with Crippen LogP contribution in [0, 0.1) is 5.41 Å². The van der Waals surface area contributed by atoms with Gasteiger partial charge in [0.25, 0.3) is 0 Å². The molecule has 1 amide bonds. The molecule has 1 atom stereocenters. The smallest absolute Gasteiger partial charge is 0.226 e. The highest BCUT2D eigenvalue weighted by Crippen LogP contribution is 2.34. The number of amides is 1. The van der Waals surface area contributed by atoms with Gasteiger partial charge in [-0.3, -0.25) is 4.79 Å². The number of benzene rings is 1. The third-order valence-corrected chi connectivity index (χ3v) is 4.69. The number of hydrogen-bond donors (Lipinski definition) is 2. The summed E-state index contributed by atoms with van der Waals surface area (Å²) in [5.74, 6) is 0.773. The van der Waals surface area contributed by atoms with E-state index in [1.807, 2.05) is 25.1 Å². The van der Waals surface area contributed by atoms with E-state index in [0.29, 0.717) is 5.75 Å². The lowest BCUT2D eigenvalue weighted by Gasteiger charge is -2.27. The first-order chi connectivity index (χ1) is 10.5. The van der Waals surface area contributed by atoms with Gasteiger partial charge in [0.05, 0.1) is 13.2 Å². The normalized spacial score (nSPS) is 19.0. The van der Waals surface area contributed by atoms with Crippen LogP contribution in [0.25, 0.3) is 0 Å². The number of rotatable bonds is 5. The zero-order valence-corrected chi connectivity index (χ0v) is 13.6. The van der Waals surface area contributed by atoms with Crippen molar-refractivity contribution in [2.75, 3.05) is 13.7 Å². The van der Waals surface area contributed by atoms with Crippen molar-refractivity contribution in [3.05, 3.63) is 29.8 Å². The lowest BCUT2D eigenvalue weighted by Crippen LogP contribution is -2.40. The highest BCUT2D eigenvalue weighted by molar-refractivity contribution is 5.82. The van der Waals surface area contributed by atoms with Crippen LogP contribution < -0.4 is 10.1 Å². The number of ether oxygens (including phenoxy) is 1. The van der Waals surface area contributed by atoms with Crippen molar-refractivity contribution in [3.63, 3.8) is 0 Å². The Kier molecular flexibility index (Phi) is 5.83. The van der Waals surface area contributed by atoms with Gasteiger partial charge in [-0.15, -0.1) is 0 Å². The second kappa shape index (κ2) is 7.63. The average Bonchev–Trinajstić information content (AvgIpc) is 2.78. The van der Waals surface area contributed by atoms with Gasteiger partial charge in [-0.2, -0.15) is 0 Å². The highest BCUT2D eigenvalue weighted by Gasteiger charge is 2.33. The first kappa shape index (κ1) is 16.8. The molecule has 1 aliphatic rings. The fourth-order valence-corrected chi connectivity index (χ4v) is 3.11. The summed E-state index contributed by atoms with van der Waals surface area (Å²) in [6.07, 6.45) is 5.82. The number of carbonyl (C=O) groups excluding carboxylic acids is 1. The predicted octanol–water partition coefficient (Wildman–Crippen LogP) is 3.21. The number of hydrogen-bond acceptors (Lipinski definition) is 3. The van der Waals surface area contributed by atoms with Crippen LogP contribution in [0.4, 0.5) is 0 Å². The van der Waals surface area contributed by atoms with Crippen molar-refractivity contribution >= 4 is 5.91 Å². The van der Waals surface area contributed by atoms with Crippen molar-refractivity contribution < 1.29 is 14.6 Å². The molecule has 0 spiro atoms. The summed E-state index contributed by atoms with van der Waals surface area (Å²) in [4.78, 5) is 12.5. The van der Waals surface area contributed by atoms with Gasteiger partial charge in [-0.25, -0.2) is 0 Å². The Morgan fingerprint density at radius 3 is 2.64 bits per heavy atom. The molecule has 1 aromatic carbocycles. The standard InChI is InChI=1S/C18H27NO3/c1-18(10-5-3-4-6-11-18)17(21)19-13-16(20)14-8-7-9-15(12-14)22-2/h7-9,12,16,20H,3-6,10-11,13H2,1-2H3,(H,19,21). The Balaban J connectivity index is 1.92. The van der Waals surface area contributed by atoms with Crippen LogP contribution in [0.1, 0.15) is 57.1 Å². The molecule has 0 saturated heterocycles. The molecule has 1 fully saturated rings. The molecule has 1 aromatic rings. The number of methoxy groups -OCH3 is 1. The van der Waals surface area contributed by atoms with Crippen molar-refractivity contribution in [3.8, 4) is 5.75 Å². The molecule has 4 heteroatoms. The molecule has 1 aliphatic carbocycles. The van der Waals surface area contributed by atoms with Crippen molar-refractivity contribution in [2.45, 2.75) is 51.6 Å². The monoisotopic (exact) mass is 305 g/mol. The van der Waals surface area contributed by atoms with Gasteiger partial charge in [0.1, 0.15) is 5.75 Å². The Morgan fingerprint density at radius 2 is 2.00 bits per heavy atom. The van der Waals surface area contributed by atoms with Gasteiger partial charge in [0.2, 0.25) is 5.91 Å². The van der Waals surface area contributed by atoms with E-state index in [2.05, 4.69) is 5.32 Å². The molecule has 2 N–H and O–H groups in total. The molecule has 22 heavy (non-hydrogen) atoms. The molecule has 1 unspecified atom stereocenters. The molecule has 0 bridgehead atoms. The third-order valence-electron chi connectivity index (χ3n) is 4.69.